The number of H-pyrrole nitrogens is 1. The van der Waals surface area contributed by atoms with Crippen LogP contribution < -0.4 is 11.2 Å². The normalized spacial score (nSPS) is 13.5. The summed E-state index contributed by atoms with van der Waals surface area (Å²) in [6.07, 6.45) is 3.48. The van der Waals surface area contributed by atoms with Crippen molar-refractivity contribution in [3.05, 3.63) is 80.6 Å². The van der Waals surface area contributed by atoms with Crippen molar-refractivity contribution in [2.45, 2.75) is 52.1 Å². The number of nitrogens with zero attached hydrogens (tertiary/aromatic N) is 2. The minimum absolute atomic E-state index is 0.222. The average Bonchev–Trinajstić information content (AvgIpc) is 3.21. The van der Waals surface area contributed by atoms with Crippen molar-refractivity contribution >= 4 is 27.8 Å². The summed E-state index contributed by atoms with van der Waals surface area (Å²) in [7, 11) is 0. The minimum Gasteiger partial charge on any atom is -0.480 e. The number of nitrogens with one attached hydrogen (secondary N) is 1. The first-order valence-electron chi connectivity index (χ1n) is 10.9. The smallest absolute Gasteiger partial charge is 0.332 e. The molecule has 0 amide bonds. The zero-order chi connectivity index (χ0) is 23.0. The Morgan fingerprint density at radius 1 is 1.09 bits per heavy atom. The molecule has 4 rings (SSSR count). The van der Waals surface area contributed by atoms with Crippen molar-refractivity contribution in [2.75, 3.05) is 0 Å². The minimum atomic E-state index is -1.21. The molecule has 0 bridgehead atoms. The van der Waals surface area contributed by atoms with Gasteiger partial charge in [0, 0.05) is 22.7 Å². The predicted molar refractivity (Wildman–Crippen MR) is 126 cm³/mol. The van der Waals surface area contributed by atoms with E-state index in [-0.39, 0.29) is 6.42 Å². The standard InChI is InChI=1S/C25H27N3O4/c1-4-5-12-21(24(30)31)28-23(29)17-10-6-7-13-20(17)27(25(28)32)16(3)18-14-26-19-11-8-9-15(2)22(18)19/h6-11,13-14,16,21,26H,4-5,12H2,1-3H3,(H,30,31)/t16?,21-/m1/s1. The summed E-state index contributed by atoms with van der Waals surface area (Å²) in [5.74, 6) is -1.17. The number of para-hydroxylation sites is 1. The van der Waals surface area contributed by atoms with Gasteiger partial charge in [0.1, 0.15) is 6.04 Å². The van der Waals surface area contributed by atoms with Gasteiger partial charge in [-0.2, -0.15) is 0 Å². The molecule has 2 heterocycles. The number of rotatable bonds is 7. The van der Waals surface area contributed by atoms with Crippen molar-refractivity contribution in [1.82, 2.24) is 14.1 Å². The summed E-state index contributed by atoms with van der Waals surface area (Å²) in [5.41, 5.74) is 2.27. The van der Waals surface area contributed by atoms with Crippen molar-refractivity contribution in [1.29, 1.82) is 0 Å². The van der Waals surface area contributed by atoms with Gasteiger partial charge in [0.15, 0.2) is 0 Å². The number of carboxylic acid groups (broad SMARTS) is 1. The fourth-order valence-electron chi connectivity index (χ4n) is 4.58. The van der Waals surface area contributed by atoms with Crippen LogP contribution >= 0.6 is 0 Å². The van der Waals surface area contributed by atoms with Gasteiger partial charge >= 0.3 is 11.7 Å². The van der Waals surface area contributed by atoms with Gasteiger partial charge < -0.3 is 10.1 Å². The second-order valence-electron chi connectivity index (χ2n) is 8.26. The number of aromatic nitrogens is 3. The number of aliphatic carboxylic acids is 1. The second-order valence-corrected chi connectivity index (χ2v) is 8.26. The molecule has 32 heavy (non-hydrogen) atoms. The Balaban J connectivity index is 2.04. The number of hydrogen-bond donors (Lipinski definition) is 2. The Morgan fingerprint density at radius 2 is 1.84 bits per heavy atom. The maximum atomic E-state index is 13.7. The SMILES string of the molecule is CCCC[C@H](C(=O)O)n1c(=O)c2ccccc2n(C(C)c2c[nH]c3cccc(C)c23)c1=O. The third kappa shape index (κ3) is 3.43. The highest BCUT2D eigenvalue weighted by Gasteiger charge is 2.27. The molecule has 0 saturated carbocycles. The van der Waals surface area contributed by atoms with Gasteiger partial charge in [0.25, 0.3) is 5.56 Å². The number of carbonyl (C=O) groups is 1. The molecule has 0 aliphatic heterocycles. The van der Waals surface area contributed by atoms with Crippen molar-refractivity contribution in [2.24, 2.45) is 0 Å². The van der Waals surface area contributed by atoms with E-state index < -0.39 is 29.3 Å². The van der Waals surface area contributed by atoms with Crippen molar-refractivity contribution < 1.29 is 9.90 Å². The Labute approximate surface area is 184 Å². The fraction of sp³-hybridized carbons (Fsp3) is 0.320. The molecule has 7 nitrogen and oxygen atoms in total. The molecule has 2 aromatic carbocycles. The highest BCUT2D eigenvalue weighted by molar-refractivity contribution is 5.87. The Kier molecular flexibility index (Phi) is 5.74. The third-order valence-corrected chi connectivity index (χ3v) is 6.23. The van der Waals surface area contributed by atoms with Gasteiger partial charge in [-0.05, 0) is 44.0 Å². The van der Waals surface area contributed by atoms with E-state index in [1.165, 1.54) is 0 Å². The van der Waals surface area contributed by atoms with Gasteiger partial charge in [-0.25, -0.2) is 14.2 Å². The molecule has 2 aromatic heterocycles. The van der Waals surface area contributed by atoms with Crippen LogP contribution in [0.3, 0.4) is 0 Å². The quantitative estimate of drug-likeness (QED) is 0.452. The molecular weight excluding hydrogens is 406 g/mol. The van der Waals surface area contributed by atoms with Crippen LogP contribution in [-0.2, 0) is 4.79 Å². The zero-order valence-electron chi connectivity index (χ0n) is 18.5. The van der Waals surface area contributed by atoms with Crippen molar-refractivity contribution in [3.63, 3.8) is 0 Å². The molecule has 2 N–H and O–H groups in total. The van der Waals surface area contributed by atoms with E-state index in [4.69, 9.17) is 0 Å². The van der Waals surface area contributed by atoms with Gasteiger partial charge in [0.2, 0.25) is 0 Å². The van der Waals surface area contributed by atoms with E-state index in [1.807, 2.05) is 45.2 Å². The van der Waals surface area contributed by atoms with E-state index in [0.717, 1.165) is 33.0 Å². The highest BCUT2D eigenvalue weighted by atomic mass is 16.4. The fourth-order valence-corrected chi connectivity index (χ4v) is 4.58. The number of fused-ring (bicyclic) bond motifs is 2. The molecule has 1 unspecified atom stereocenters. The topological polar surface area (TPSA) is 97.1 Å². The molecular formula is C25H27N3O4. The molecule has 0 saturated heterocycles. The van der Waals surface area contributed by atoms with Crippen LogP contribution in [0.25, 0.3) is 21.8 Å². The molecule has 7 heteroatoms. The van der Waals surface area contributed by atoms with Crippen LogP contribution in [0.5, 0.6) is 0 Å². The molecule has 0 aliphatic rings. The molecule has 0 spiro atoms. The van der Waals surface area contributed by atoms with E-state index in [1.54, 1.807) is 28.8 Å². The van der Waals surface area contributed by atoms with Crippen LogP contribution in [0, 0.1) is 6.92 Å². The lowest BCUT2D eigenvalue weighted by atomic mass is 10.0. The van der Waals surface area contributed by atoms with Crippen molar-refractivity contribution in [3.8, 4) is 0 Å². The van der Waals surface area contributed by atoms with Gasteiger partial charge in [-0.15, -0.1) is 0 Å². The average molecular weight is 434 g/mol. The van der Waals surface area contributed by atoms with Crippen LogP contribution in [0.2, 0.25) is 0 Å². The van der Waals surface area contributed by atoms with Crippen LogP contribution in [0.4, 0.5) is 0 Å². The Morgan fingerprint density at radius 3 is 2.56 bits per heavy atom. The van der Waals surface area contributed by atoms with E-state index in [0.29, 0.717) is 17.3 Å². The second kappa shape index (κ2) is 8.49. The summed E-state index contributed by atoms with van der Waals surface area (Å²) in [4.78, 5) is 42.3. The summed E-state index contributed by atoms with van der Waals surface area (Å²) < 4.78 is 2.48. The van der Waals surface area contributed by atoms with Gasteiger partial charge in [0.05, 0.1) is 16.9 Å². The maximum absolute atomic E-state index is 13.7. The lowest BCUT2D eigenvalue weighted by molar-refractivity contribution is -0.141. The lowest BCUT2D eigenvalue weighted by Gasteiger charge is -2.22. The number of carboxylic acids is 1. The molecule has 0 aliphatic carbocycles. The highest BCUT2D eigenvalue weighted by Crippen LogP contribution is 2.30. The zero-order valence-corrected chi connectivity index (χ0v) is 18.5. The third-order valence-electron chi connectivity index (χ3n) is 6.23. The van der Waals surface area contributed by atoms with Crippen LogP contribution in [0.1, 0.15) is 56.3 Å². The summed E-state index contributed by atoms with van der Waals surface area (Å²) in [6, 6.07) is 11.2. The number of aromatic amines is 1. The molecule has 166 valence electrons. The molecule has 4 aromatic rings. The summed E-state index contributed by atoms with van der Waals surface area (Å²) in [6.45, 7) is 5.86. The largest absolute Gasteiger partial charge is 0.480 e. The first-order chi connectivity index (χ1) is 15.4. The van der Waals surface area contributed by atoms with E-state index in [2.05, 4.69) is 4.98 Å². The monoisotopic (exact) mass is 433 g/mol. The van der Waals surface area contributed by atoms with Crippen LogP contribution in [0.15, 0.2) is 58.3 Å². The van der Waals surface area contributed by atoms with Crippen LogP contribution in [-0.4, -0.2) is 25.2 Å². The van der Waals surface area contributed by atoms with E-state index >= 15 is 0 Å². The lowest BCUT2D eigenvalue weighted by Crippen LogP contribution is -2.45. The summed E-state index contributed by atoms with van der Waals surface area (Å²) >= 11 is 0. The maximum Gasteiger partial charge on any atom is 0.332 e. The first kappa shape index (κ1) is 21.6. The first-order valence-corrected chi connectivity index (χ1v) is 10.9. The molecule has 0 fully saturated rings. The number of aryl methyl sites for hydroxylation is 1. The molecule has 2 atom stereocenters. The van der Waals surface area contributed by atoms with E-state index in [9.17, 15) is 19.5 Å². The van der Waals surface area contributed by atoms with Gasteiger partial charge in [-0.1, -0.05) is 44.0 Å². The molecule has 0 radical (unpaired) electrons. The Bertz CT molecular complexity index is 1430. The summed E-state index contributed by atoms with van der Waals surface area (Å²) in [5, 5.41) is 11.2. The number of benzene rings is 2. The Hall–Kier alpha value is -3.61. The number of unbranched alkanes of at least 4 members (excludes halogenated alkanes) is 1. The predicted octanol–water partition coefficient (Wildman–Crippen LogP) is 4.38. The van der Waals surface area contributed by atoms with Gasteiger partial charge in [-0.3, -0.25) is 9.36 Å². The number of hydrogen-bond acceptors (Lipinski definition) is 3.